The van der Waals surface area contributed by atoms with Crippen molar-refractivity contribution in [2.45, 2.75) is 13.3 Å². The number of hydrogen-bond acceptors (Lipinski definition) is 6. The monoisotopic (exact) mass is 314 g/mol. The molecule has 7 nitrogen and oxygen atoms in total. The van der Waals surface area contributed by atoms with Gasteiger partial charge in [0.05, 0.1) is 29.1 Å². The molecule has 8 heteroatoms. The standard InChI is InChI=1S/C13H18N2O5S/c1-2-20-13-6-11(5-12(7-13)15(16)17)14-8-10-3-4-21(18,19)9-10/h5-7,10,14H,2-4,8-9H2,1H3. The second-order valence-corrected chi connectivity index (χ2v) is 7.28. The van der Waals surface area contributed by atoms with Crippen molar-refractivity contribution < 1.29 is 18.1 Å². The van der Waals surface area contributed by atoms with Crippen molar-refractivity contribution in [3.63, 3.8) is 0 Å². The molecule has 1 fully saturated rings. The van der Waals surface area contributed by atoms with Crippen LogP contribution in [-0.4, -0.2) is 38.0 Å². The molecular formula is C13H18N2O5S. The lowest BCUT2D eigenvalue weighted by molar-refractivity contribution is -0.384. The van der Waals surface area contributed by atoms with Crippen LogP contribution in [0.2, 0.25) is 0 Å². The summed E-state index contributed by atoms with van der Waals surface area (Å²) >= 11 is 0. The van der Waals surface area contributed by atoms with E-state index in [2.05, 4.69) is 5.32 Å². The maximum absolute atomic E-state index is 11.4. The third kappa shape index (κ3) is 4.32. The van der Waals surface area contributed by atoms with Gasteiger partial charge in [0, 0.05) is 24.4 Å². The fourth-order valence-electron chi connectivity index (χ4n) is 2.34. The molecule has 0 amide bonds. The van der Waals surface area contributed by atoms with E-state index in [1.165, 1.54) is 12.1 Å². The maximum Gasteiger partial charge on any atom is 0.275 e. The molecule has 0 aromatic heterocycles. The molecule has 0 spiro atoms. The van der Waals surface area contributed by atoms with E-state index >= 15 is 0 Å². The molecular weight excluding hydrogens is 296 g/mol. The Balaban J connectivity index is 2.06. The van der Waals surface area contributed by atoms with E-state index in [1.54, 1.807) is 13.0 Å². The van der Waals surface area contributed by atoms with Crippen LogP contribution in [0.3, 0.4) is 0 Å². The first-order valence-electron chi connectivity index (χ1n) is 6.76. The molecule has 0 bridgehead atoms. The van der Waals surface area contributed by atoms with Crippen molar-refractivity contribution in [2.75, 3.05) is 30.0 Å². The van der Waals surface area contributed by atoms with Crippen LogP contribution in [0.5, 0.6) is 5.75 Å². The molecule has 1 N–H and O–H groups in total. The van der Waals surface area contributed by atoms with Crippen LogP contribution in [0.15, 0.2) is 18.2 Å². The molecule has 2 rings (SSSR count). The van der Waals surface area contributed by atoms with Crippen LogP contribution in [0, 0.1) is 16.0 Å². The Morgan fingerprint density at radius 1 is 1.43 bits per heavy atom. The van der Waals surface area contributed by atoms with E-state index < -0.39 is 14.8 Å². The molecule has 116 valence electrons. The van der Waals surface area contributed by atoms with Gasteiger partial charge in [0.15, 0.2) is 9.84 Å². The van der Waals surface area contributed by atoms with Gasteiger partial charge in [-0.1, -0.05) is 0 Å². The SMILES string of the molecule is CCOc1cc(NCC2CCS(=O)(=O)C2)cc([N+](=O)[O-])c1. The summed E-state index contributed by atoms with van der Waals surface area (Å²) in [5, 5.41) is 14.0. The van der Waals surface area contributed by atoms with Gasteiger partial charge in [-0.05, 0) is 19.3 Å². The number of anilines is 1. The highest BCUT2D eigenvalue weighted by atomic mass is 32.2. The number of sulfone groups is 1. The number of non-ortho nitro benzene ring substituents is 1. The summed E-state index contributed by atoms with van der Waals surface area (Å²) in [7, 11) is -2.91. The zero-order valence-corrected chi connectivity index (χ0v) is 12.6. The molecule has 1 atom stereocenters. The first kappa shape index (κ1) is 15.6. The van der Waals surface area contributed by atoms with E-state index in [0.717, 1.165) is 0 Å². The molecule has 21 heavy (non-hydrogen) atoms. The summed E-state index contributed by atoms with van der Waals surface area (Å²) in [6.45, 7) is 2.70. The van der Waals surface area contributed by atoms with E-state index in [0.29, 0.717) is 31.0 Å². The van der Waals surface area contributed by atoms with Crippen LogP contribution < -0.4 is 10.1 Å². The predicted octanol–water partition coefficient (Wildman–Crippen LogP) is 1.84. The second kappa shape index (κ2) is 6.30. The van der Waals surface area contributed by atoms with Crippen LogP contribution in [-0.2, 0) is 9.84 Å². The van der Waals surface area contributed by atoms with Crippen LogP contribution in [0.25, 0.3) is 0 Å². The number of nitro benzene ring substituents is 1. The molecule has 1 aromatic rings. The Bertz CT molecular complexity index is 629. The highest BCUT2D eigenvalue weighted by molar-refractivity contribution is 7.91. The Morgan fingerprint density at radius 3 is 2.76 bits per heavy atom. The highest BCUT2D eigenvalue weighted by Crippen LogP contribution is 2.27. The van der Waals surface area contributed by atoms with Gasteiger partial charge in [-0.2, -0.15) is 0 Å². The van der Waals surface area contributed by atoms with Crippen molar-refractivity contribution in [1.29, 1.82) is 0 Å². The molecule has 1 unspecified atom stereocenters. The zero-order chi connectivity index (χ0) is 15.5. The third-order valence-corrected chi connectivity index (χ3v) is 5.17. The van der Waals surface area contributed by atoms with Crippen LogP contribution in [0.4, 0.5) is 11.4 Å². The van der Waals surface area contributed by atoms with Crippen molar-refractivity contribution in [3.8, 4) is 5.75 Å². The number of nitrogens with zero attached hydrogens (tertiary/aromatic N) is 1. The summed E-state index contributed by atoms with van der Waals surface area (Å²) in [6, 6.07) is 4.47. The first-order valence-corrected chi connectivity index (χ1v) is 8.58. The number of nitro groups is 1. The van der Waals surface area contributed by atoms with Gasteiger partial charge in [-0.15, -0.1) is 0 Å². The quantitative estimate of drug-likeness (QED) is 0.635. The van der Waals surface area contributed by atoms with E-state index in [1.807, 2.05) is 0 Å². The summed E-state index contributed by atoms with van der Waals surface area (Å²) < 4.78 is 28.1. The van der Waals surface area contributed by atoms with Gasteiger partial charge in [-0.3, -0.25) is 10.1 Å². The van der Waals surface area contributed by atoms with Gasteiger partial charge in [0.25, 0.3) is 5.69 Å². The summed E-state index contributed by atoms with van der Waals surface area (Å²) in [5.41, 5.74) is 0.513. The van der Waals surface area contributed by atoms with E-state index in [4.69, 9.17) is 4.74 Å². The van der Waals surface area contributed by atoms with Crippen molar-refractivity contribution in [2.24, 2.45) is 5.92 Å². The largest absolute Gasteiger partial charge is 0.494 e. The molecule has 1 aliphatic heterocycles. The number of ether oxygens (including phenoxy) is 1. The van der Waals surface area contributed by atoms with Gasteiger partial charge in [0.1, 0.15) is 5.75 Å². The normalized spacial score (nSPS) is 20.1. The summed E-state index contributed by atoms with van der Waals surface area (Å²) in [6.07, 6.45) is 0.628. The smallest absolute Gasteiger partial charge is 0.275 e. The van der Waals surface area contributed by atoms with E-state index in [-0.39, 0.29) is 23.1 Å². The molecule has 1 aliphatic rings. The molecule has 0 saturated carbocycles. The number of rotatable bonds is 6. The molecule has 1 aromatic carbocycles. The summed E-state index contributed by atoms with van der Waals surface area (Å²) in [5.74, 6) is 0.865. The lowest BCUT2D eigenvalue weighted by Crippen LogP contribution is -2.15. The van der Waals surface area contributed by atoms with Crippen LogP contribution in [0.1, 0.15) is 13.3 Å². The lowest BCUT2D eigenvalue weighted by atomic mass is 10.1. The van der Waals surface area contributed by atoms with Crippen LogP contribution >= 0.6 is 0 Å². The van der Waals surface area contributed by atoms with Gasteiger partial charge in [-0.25, -0.2) is 8.42 Å². The van der Waals surface area contributed by atoms with Gasteiger partial charge >= 0.3 is 0 Å². The van der Waals surface area contributed by atoms with Crippen molar-refractivity contribution in [1.82, 2.24) is 0 Å². The maximum atomic E-state index is 11.4. The molecule has 1 heterocycles. The van der Waals surface area contributed by atoms with E-state index in [9.17, 15) is 18.5 Å². The third-order valence-electron chi connectivity index (χ3n) is 3.33. The average molecular weight is 314 g/mol. The number of benzene rings is 1. The Hall–Kier alpha value is -1.83. The number of hydrogen-bond donors (Lipinski definition) is 1. The molecule has 1 saturated heterocycles. The minimum atomic E-state index is -2.91. The Labute approximate surface area is 123 Å². The minimum Gasteiger partial charge on any atom is -0.494 e. The fraction of sp³-hybridized carbons (Fsp3) is 0.538. The second-order valence-electron chi connectivity index (χ2n) is 5.06. The highest BCUT2D eigenvalue weighted by Gasteiger charge is 2.27. The topological polar surface area (TPSA) is 98.5 Å². The Kier molecular flexibility index (Phi) is 4.66. The average Bonchev–Trinajstić information content (AvgIpc) is 2.76. The van der Waals surface area contributed by atoms with Gasteiger partial charge < -0.3 is 10.1 Å². The molecule has 0 radical (unpaired) electrons. The first-order chi connectivity index (χ1) is 9.89. The van der Waals surface area contributed by atoms with Gasteiger partial charge in [0.2, 0.25) is 0 Å². The summed E-state index contributed by atoms with van der Waals surface area (Å²) in [4.78, 5) is 10.4. The molecule has 0 aliphatic carbocycles. The fourth-order valence-corrected chi connectivity index (χ4v) is 4.20. The zero-order valence-electron chi connectivity index (χ0n) is 11.7. The van der Waals surface area contributed by atoms with Crippen molar-refractivity contribution in [3.05, 3.63) is 28.3 Å². The minimum absolute atomic E-state index is 0.0461. The Morgan fingerprint density at radius 2 is 2.19 bits per heavy atom. The predicted molar refractivity (Wildman–Crippen MR) is 79.5 cm³/mol. The lowest BCUT2D eigenvalue weighted by Gasteiger charge is -2.12. The number of nitrogens with one attached hydrogen (secondary N) is 1. The van der Waals surface area contributed by atoms with Crippen molar-refractivity contribution >= 4 is 21.2 Å².